The summed E-state index contributed by atoms with van der Waals surface area (Å²) in [5.74, 6) is 1.48. The summed E-state index contributed by atoms with van der Waals surface area (Å²) in [7, 11) is 0. The summed E-state index contributed by atoms with van der Waals surface area (Å²) in [6, 6.07) is 4.04. The second-order valence-corrected chi connectivity index (χ2v) is 8.45. The Morgan fingerprint density at radius 3 is 2.63 bits per heavy atom. The van der Waals surface area contributed by atoms with Crippen LogP contribution in [0.3, 0.4) is 0 Å². The second-order valence-electron chi connectivity index (χ2n) is 8.45. The molecule has 1 aromatic rings. The molecule has 0 saturated carbocycles. The van der Waals surface area contributed by atoms with E-state index in [0.717, 1.165) is 38.8 Å². The largest absolute Gasteiger partial charge is 0.381 e. The van der Waals surface area contributed by atoms with Crippen LogP contribution in [0.5, 0.6) is 0 Å². The first-order chi connectivity index (χ1) is 13.3. The highest BCUT2D eigenvalue weighted by Crippen LogP contribution is 2.42. The van der Waals surface area contributed by atoms with Gasteiger partial charge in [-0.05, 0) is 68.1 Å². The molecule has 0 N–H and O–H groups in total. The highest BCUT2D eigenvalue weighted by Gasteiger charge is 2.45. The monoisotopic (exact) mass is 374 g/mol. The van der Waals surface area contributed by atoms with Crippen LogP contribution in [0.25, 0.3) is 0 Å². The zero-order chi connectivity index (χ0) is 18.4. The van der Waals surface area contributed by atoms with Crippen LogP contribution in [0.15, 0.2) is 24.5 Å². The van der Waals surface area contributed by atoms with Gasteiger partial charge < -0.3 is 19.1 Å². The zero-order valence-corrected chi connectivity index (χ0v) is 16.5. The van der Waals surface area contributed by atoms with Crippen molar-refractivity contribution >= 4 is 0 Å². The van der Waals surface area contributed by atoms with Gasteiger partial charge in [0.25, 0.3) is 0 Å². The Morgan fingerprint density at radius 1 is 1.07 bits per heavy atom. The Morgan fingerprint density at radius 2 is 1.85 bits per heavy atom. The summed E-state index contributed by atoms with van der Waals surface area (Å²) >= 11 is 0. The molecule has 3 aliphatic heterocycles. The molecule has 0 aromatic carbocycles. The molecular weight excluding hydrogens is 340 g/mol. The van der Waals surface area contributed by atoms with E-state index in [1.54, 1.807) is 0 Å². The van der Waals surface area contributed by atoms with Crippen LogP contribution in [0.2, 0.25) is 0 Å². The highest BCUT2D eigenvalue weighted by atomic mass is 16.5. The average molecular weight is 375 g/mol. The van der Waals surface area contributed by atoms with E-state index < -0.39 is 0 Å². The van der Waals surface area contributed by atoms with Gasteiger partial charge in [-0.25, -0.2) is 0 Å². The summed E-state index contributed by atoms with van der Waals surface area (Å²) < 4.78 is 17.8. The van der Waals surface area contributed by atoms with E-state index in [2.05, 4.69) is 9.88 Å². The summed E-state index contributed by atoms with van der Waals surface area (Å²) in [6.07, 6.45) is 10.8. The summed E-state index contributed by atoms with van der Waals surface area (Å²) in [4.78, 5) is 6.72. The minimum absolute atomic E-state index is 0.117. The van der Waals surface area contributed by atoms with Crippen molar-refractivity contribution in [2.75, 3.05) is 46.1 Å². The lowest BCUT2D eigenvalue weighted by Crippen LogP contribution is -2.49. The first kappa shape index (κ1) is 19.3. The van der Waals surface area contributed by atoms with E-state index in [9.17, 15) is 0 Å². The van der Waals surface area contributed by atoms with E-state index >= 15 is 0 Å². The number of pyridine rings is 1. The van der Waals surface area contributed by atoms with Crippen molar-refractivity contribution in [3.05, 3.63) is 30.1 Å². The molecule has 1 aromatic heterocycles. The van der Waals surface area contributed by atoms with Crippen molar-refractivity contribution in [1.82, 2.24) is 9.88 Å². The van der Waals surface area contributed by atoms with Crippen LogP contribution < -0.4 is 0 Å². The number of aromatic nitrogens is 1. The van der Waals surface area contributed by atoms with E-state index in [1.165, 1.54) is 57.3 Å². The Hall–Kier alpha value is -1.01. The van der Waals surface area contributed by atoms with E-state index in [0.29, 0.717) is 12.5 Å². The molecule has 0 amide bonds. The van der Waals surface area contributed by atoms with Crippen LogP contribution in [0.4, 0.5) is 0 Å². The number of piperidine rings is 1. The SMILES string of the molecule is c1cc(COCC[C@H]2CCOC23CCN(CC2CCOCC2)CC3)ccn1. The average Bonchev–Trinajstić information content (AvgIpc) is 3.11. The van der Waals surface area contributed by atoms with Crippen molar-refractivity contribution in [3.63, 3.8) is 0 Å². The maximum absolute atomic E-state index is 6.34. The lowest BCUT2D eigenvalue weighted by atomic mass is 9.78. The van der Waals surface area contributed by atoms with E-state index in [4.69, 9.17) is 14.2 Å². The molecule has 27 heavy (non-hydrogen) atoms. The van der Waals surface area contributed by atoms with Crippen LogP contribution >= 0.6 is 0 Å². The summed E-state index contributed by atoms with van der Waals surface area (Å²) in [5.41, 5.74) is 1.32. The molecule has 3 saturated heterocycles. The third-order valence-electron chi connectivity index (χ3n) is 6.79. The Labute approximate surface area is 163 Å². The minimum Gasteiger partial charge on any atom is -0.381 e. The first-order valence-corrected chi connectivity index (χ1v) is 10.7. The third kappa shape index (κ3) is 5.08. The van der Waals surface area contributed by atoms with Gasteiger partial charge in [0, 0.05) is 58.5 Å². The van der Waals surface area contributed by atoms with E-state index in [-0.39, 0.29) is 5.60 Å². The predicted molar refractivity (Wildman–Crippen MR) is 105 cm³/mol. The quantitative estimate of drug-likeness (QED) is 0.685. The molecule has 0 aliphatic carbocycles. The number of hydrogen-bond donors (Lipinski definition) is 0. The van der Waals surface area contributed by atoms with Crippen molar-refractivity contribution in [1.29, 1.82) is 0 Å². The molecule has 1 atom stereocenters. The molecule has 150 valence electrons. The Kier molecular flexibility index (Phi) is 6.77. The van der Waals surface area contributed by atoms with Gasteiger partial charge in [0.15, 0.2) is 0 Å². The van der Waals surface area contributed by atoms with Gasteiger partial charge in [0.2, 0.25) is 0 Å². The molecule has 3 fully saturated rings. The molecule has 5 heteroatoms. The molecule has 4 heterocycles. The van der Waals surface area contributed by atoms with Crippen molar-refractivity contribution in [2.24, 2.45) is 11.8 Å². The summed E-state index contributed by atoms with van der Waals surface area (Å²) in [6.45, 7) is 7.96. The number of rotatable bonds is 7. The van der Waals surface area contributed by atoms with Crippen LogP contribution in [0, 0.1) is 11.8 Å². The molecule has 3 aliphatic rings. The maximum atomic E-state index is 6.34. The molecule has 0 radical (unpaired) electrons. The number of ether oxygens (including phenoxy) is 3. The lowest BCUT2D eigenvalue weighted by molar-refractivity contribution is -0.0756. The van der Waals surface area contributed by atoms with Gasteiger partial charge in [-0.15, -0.1) is 0 Å². The summed E-state index contributed by atoms with van der Waals surface area (Å²) in [5, 5.41) is 0. The fourth-order valence-electron chi connectivity index (χ4n) is 5.05. The topological polar surface area (TPSA) is 43.8 Å². The van der Waals surface area contributed by atoms with Gasteiger partial charge in [0.05, 0.1) is 12.2 Å². The predicted octanol–water partition coefficient (Wildman–Crippen LogP) is 3.29. The van der Waals surface area contributed by atoms with Gasteiger partial charge >= 0.3 is 0 Å². The van der Waals surface area contributed by atoms with Crippen molar-refractivity contribution < 1.29 is 14.2 Å². The van der Waals surface area contributed by atoms with Gasteiger partial charge in [-0.1, -0.05) is 0 Å². The zero-order valence-electron chi connectivity index (χ0n) is 16.5. The Balaban J connectivity index is 1.20. The minimum atomic E-state index is 0.117. The standard InChI is InChI=1S/C22H34N2O3/c1-9-23-10-2-20(1)18-26-15-5-21-6-16-27-22(21)7-11-24(12-8-22)17-19-3-13-25-14-4-19/h1-2,9-10,19,21H,3-8,11-18H2/t21-/m0/s1. The molecule has 1 spiro atoms. The number of hydrogen-bond acceptors (Lipinski definition) is 5. The molecule has 0 bridgehead atoms. The van der Waals surface area contributed by atoms with Gasteiger partial charge in [-0.3, -0.25) is 4.98 Å². The number of likely N-dealkylation sites (tertiary alicyclic amines) is 1. The molecule has 0 unspecified atom stereocenters. The second kappa shape index (κ2) is 9.46. The van der Waals surface area contributed by atoms with Crippen LogP contribution in [0.1, 0.15) is 44.1 Å². The fourth-order valence-corrected chi connectivity index (χ4v) is 5.05. The van der Waals surface area contributed by atoms with Crippen molar-refractivity contribution in [3.8, 4) is 0 Å². The smallest absolute Gasteiger partial charge is 0.0736 e. The lowest BCUT2D eigenvalue weighted by Gasteiger charge is -2.43. The Bertz CT molecular complexity index is 554. The van der Waals surface area contributed by atoms with Gasteiger partial charge in [-0.2, -0.15) is 0 Å². The molecular formula is C22H34N2O3. The number of nitrogens with zero attached hydrogens (tertiary/aromatic N) is 2. The van der Waals surface area contributed by atoms with Gasteiger partial charge in [0.1, 0.15) is 0 Å². The third-order valence-corrected chi connectivity index (χ3v) is 6.79. The fraction of sp³-hybridized carbons (Fsp3) is 0.773. The molecule has 5 nitrogen and oxygen atoms in total. The van der Waals surface area contributed by atoms with E-state index in [1.807, 2.05) is 24.5 Å². The normalized spacial score (nSPS) is 26.6. The maximum Gasteiger partial charge on any atom is 0.0736 e. The van der Waals surface area contributed by atoms with Crippen molar-refractivity contribution in [2.45, 2.75) is 50.7 Å². The highest BCUT2D eigenvalue weighted by molar-refractivity contribution is 5.07. The van der Waals surface area contributed by atoms with Crippen LogP contribution in [-0.2, 0) is 20.8 Å². The molecule has 4 rings (SSSR count). The van der Waals surface area contributed by atoms with Crippen LogP contribution in [-0.4, -0.2) is 61.5 Å². The first-order valence-electron chi connectivity index (χ1n) is 10.7.